The Morgan fingerprint density at radius 3 is 2.53 bits per heavy atom. The number of amides is 1. The first-order valence-electron chi connectivity index (χ1n) is 10.5. The molecule has 0 saturated heterocycles. The van der Waals surface area contributed by atoms with Crippen LogP contribution in [0.5, 0.6) is 0 Å². The lowest BCUT2D eigenvalue weighted by Gasteiger charge is -2.42. The Morgan fingerprint density at radius 1 is 1.06 bits per heavy atom. The molecular weight excluding hydrogens is 441 g/mol. The van der Waals surface area contributed by atoms with Crippen molar-refractivity contribution >= 4 is 43.8 Å². The Labute approximate surface area is 194 Å². The zero-order chi connectivity index (χ0) is 22.7. The molecule has 2 aromatic carbocycles. The molecule has 4 aromatic rings. The summed E-state index contributed by atoms with van der Waals surface area (Å²) in [6, 6.07) is 14.1. The maximum atomic E-state index is 14.3. The van der Waals surface area contributed by atoms with Crippen molar-refractivity contribution in [1.82, 2.24) is 10.3 Å². The summed E-state index contributed by atoms with van der Waals surface area (Å²) in [6.07, 6.45) is 0.809. The second-order valence-corrected chi connectivity index (χ2v) is 11.4. The molecule has 5 rings (SSSR count). The number of carbonyl (C=O) groups excluding carboxylic acids is 1. The fraction of sp³-hybridized carbons (Fsp3) is 0.280. The van der Waals surface area contributed by atoms with Gasteiger partial charge >= 0.3 is 0 Å². The summed E-state index contributed by atoms with van der Waals surface area (Å²) in [6.45, 7) is 8.70. The van der Waals surface area contributed by atoms with Gasteiger partial charge in [0.25, 0.3) is 5.91 Å². The molecule has 164 valence electrons. The van der Waals surface area contributed by atoms with Crippen molar-refractivity contribution < 1.29 is 9.18 Å². The van der Waals surface area contributed by atoms with E-state index < -0.39 is 11.7 Å². The molecule has 0 spiro atoms. The Balaban J connectivity index is 1.69. The van der Waals surface area contributed by atoms with Gasteiger partial charge < -0.3 is 10.6 Å². The van der Waals surface area contributed by atoms with Crippen LogP contribution in [-0.4, -0.2) is 16.4 Å². The number of rotatable bonds is 3. The minimum absolute atomic E-state index is 0.0341. The van der Waals surface area contributed by atoms with Gasteiger partial charge in [-0.1, -0.05) is 24.3 Å². The van der Waals surface area contributed by atoms with Crippen molar-refractivity contribution in [2.24, 2.45) is 0 Å². The van der Waals surface area contributed by atoms with E-state index in [1.165, 1.54) is 22.6 Å². The highest BCUT2D eigenvalue weighted by atomic mass is 32.1. The number of para-hydroxylation sites is 1. The van der Waals surface area contributed by atoms with E-state index in [1.807, 2.05) is 18.2 Å². The van der Waals surface area contributed by atoms with Crippen molar-refractivity contribution in [2.75, 3.05) is 5.32 Å². The third-order valence-electron chi connectivity index (χ3n) is 5.70. The first kappa shape index (κ1) is 21.2. The van der Waals surface area contributed by atoms with Crippen molar-refractivity contribution in [3.05, 3.63) is 70.4 Å². The van der Waals surface area contributed by atoms with Crippen LogP contribution in [0.1, 0.15) is 48.5 Å². The molecular formula is C25H24FN3OS2. The van der Waals surface area contributed by atoms with Crippen molar-refractivity contribution in [3.63, 3.8) is 0 Å². The maximum Gasteiger partial charge on any atom is 0.259 e. The highest BCUT2D eigenvalue weighted by Gasteiger charge is 2.41. The number of anilines is 1. The summed E-state index contributed by atoms with van der Waals surface area (Å²) in [5, 5.41) is 8.33. The predicted molar refractivity (Wildman–Crippen MR) is 131 cm³/mol. The average Bonchev–Trinajstić information content (AvgIpc) is 3.28. The van der Waals surface area contributed by atoms with Gasteiger partial charge in [0.15, 0.2) is 0 Å². The molecule has 4 nitrogen and oxygen atoms in total. The Hall–Kier alpha value is -2.61. The molecule has 2 aromatic heterocycles. The largest absolute Gasteiger partial charge is 0.313 e. The molecule has 0 radical (unpaired) electrons. The van der Waals surface area contributed by atoms with Crippen LogP contribution in [0.2, 0.25) is 0 Å². The van der Waals surface area contributed by atoms with Crippen LogP contribution >= 0.6 is 22.7 Å². The molecule has 0 bridgehead atoms. The molecule has 32 heavy (non-hydrogen) atoms. The van der Waals surface area contributed by atoms with Crippen LogP contribution in [-0.2, 0) is 12.0 Å². The third-order valence-corrected chi connectivity index (χ3v) is 8.22. The van der Waals surface area contributed by atoms with Crippen LogP contribution in [0.25, 0.3) is 20.8 Å². The van der Waals surface area contributed by atoms with Crippen LogP contribution in [0.15, 0.2) is 48.5 Å². The number of carbonyl (C=O) groups is 1. The molecule has 2 N–H and O–H groups in total. The molecule has 3 heterocycles. The van der Waals surface area contributed by atoms with Gasteiger partial charge in [-0.25, -0.2) is 9.37 Å². The summed E-state index contributed by atoms with van der Waals surface area (Å²) in [7, 11) is 0. The van der Waals surface area contributed by atoms with Crippen molar-refractivity contribution in [1.29, 1.82) is 0 Å². The van der Waals surface area contributed by atoms with Crippen LogP contribution in [0, 0.1) is 5.82 Å². The topological polar surface area (TPSA) is 54.0 Å². The SMILES string of the molecule is CC1(C)Cc2c(sc(NC(=O)c3ccccc3F)c2-c2nc3ccccc3s2)C(C)(C)N1. The minimum Gasteiger partial charge on any atom is -0.313 e. The molecule has 1 aliphatic heterocycles. The Morgan fingerprint density at radius 2 is 1.78 bits per heavy atom. The maximum absolute atomic E-state index is 14.3. The van der Waals surface area contributed by atoms with Gasteiger partial charge in [0, 0.05) is 21.5 Å². The van der Waals surface area contributed by atoms with Gasteiger partial charge in [-0.2, -0.15) is 0 Å². The van der Waals surface area contributed by atoms with E-state index >= 15 is 0 Å². The molecule has 1 amide bonds. The van der Waals surface area contributed by atoms with E-state index in [1.54, 1.807) is 34.8 Å². The van der Waals surface area contributed by atoms with Gasteiger partial charge in [0.2, 0.25) is 0 Å². The zero-order valence-corrected chi connectivity index (χ0v) is 20.0. The van der Waals surface area contributed by atoms with Gasteiger partial charge in [-0.15, -0.1) is 22.7 Å². The number of thiophene rings is 1. The lowest BCUT2D eigenvalue weighted by molar-refractivity contribution is 0.102. The number of thiazole rings is 1. The fourth-order valence-corrected chi connectivity index (χ4v) is 7.02. The number of nitrogens with one attached hydrogen (secondary N) is 2. The molecule has 1 aliphatic rings. The molecule has 0 fully saturated rings. The lowest BCUT2D eigenvalue weighted by Crippen LogP contribution is -2.54. The van der Waals surface area contributed by atoms with Crippen LogP contribution < -0.4 is 10.6 Å². The second-order valence-electron chi connectivity index (χ2n) is 9.35. The second kappa shape index (κ2) is 7.47. The predicted octanol–water partition coefficient (Wildman–Crippen LogP) is 6.58. The quantitative estimate of drug-likeness (QED) is 0.359. The zero-order valence-electron chi connectivity index (χ0n) is 18.4. The molecule has 7 heteroatoms. The van der Waals surface area contributed by atoms with Gasteiger partial charge in [-0.05, 0) is 63.9 Å². The number of halogens is 1. The normalized spacial score (nSPS) is 16.7. The summed E-state index contributed by atoms with van der Waals surface area (Å²) >= 11 is 3.17. The summed E-state index contributed by atoms with van der Waals surface area (Å²) in [5.74, 6) is -0.981. The number of hydrogen-bond acceptors (Lipinski definition) is 5. The van der Waals surface area contributed by atoms with E-state index in [4.69, 9.17) is 4.98 Å². The lowest BCUT2D eigenvalue weighted by atomic mass is 9.81. The molecule has 0 atom stereocenters. The van der Waals surface area contributed by atoms with Crippen LogP contribution in [0.3, 0.4) is 0 Å². The third kappa shape index (κ3) is 3.64. The highest BCUT2D eigenvalue weighted by molar-refractivity contribution is 7.23. The number of nitrogens with zero attached hydrogens (tertiary/aromatic N) is 1. The minimum atomic E-state index is -0.531. The van der Waals surface area contributed by atoms with E-state index in [9.17, 15) is 9.18 Å². The summed E-state index contributed by atoms with van der Waals surface area (Å²) in [5.41, 5.74) is 2.74. The van der Waals surface area contributed by atoms with Gasteiger partial charge in [0.05, 0.1) is 15.8 Å². The monoisotopic (exact) mass is 465 g/mol. The van der Waals surface area contributed by atoms with Crippen molar-refractivity contribution in [2.45, 2.75) is 45.2 Å². The number of benzene rings is 2. The van der Waals surface area contributed by atoms with E-state index in [0.29, 0.717) is 0 Å². The first-order chi connectivity index (χ1) is 15.1. The van der Waals surface area contributed by atoms with E-state index in [2.05, 4.69) is 44.4 Å². The molecule has 0 unspecified atom stereocenters. The number of fused-ring (bicyclic) bond motifs is 2. The average molecular weight is 466 g/mol. The highest BCUT2D eigenvalue weighted by Crippen LogP contribution is 2.50. The Kier molecular flexibility index (Phi) is 4.96. The summed E-state index contributed by atoms with van der Waals surface area (Å²) < 4.78 is 15.4. The number of aromatic nitrogens is 1. The molecule has 0 saturated carbocycles. The summed E-state index contributed by atoms with van der Waals surface area (Å²) in [4.78, 5) is 19.1. The van der Waals surface area contributed by atoms with Crippen molar-refractivity contribution in [3.8, 4) is 10.6 Å². The van der Waals surface area contributed by atoms with Gasteiger partial charge in [0.1, 0.15) is 15.8 Å². The first-order valence-corrected chi connectivity index (χ1v) is 12.2. The standard InChI is InChI=1S/C25H24FN3OS2/c1-24(2)13-15-19(22-27-17-11-7-8-12-18(17)31-22)23(32-20(15)25(3,4)29-24)28-21(30)14-9-5-6-10-16(14)26/h5-12,29H,13H2,1-4H3,(H,28,30). The number of hydrogen-bond donors (Lipinski definition) is 2. The van der Waals surface area contributed by atoms with E-state index in [0.717, 1.165) is 32.2 Å². The fourth-order valence-electron chi connectivity index (χ4n) is 4.64. The smallest absolute Gasteiger partial charge is 0.259 e. The Bertz CT molecular complexity index is 1320. The van der Waals surface area contributed by atoms with Gasteiger partial charge in [-0.3, -0.25) is 4.79 Å². The van der Waals surface area contributed by atoms with E-state index in [-0.39, 0.29) is 16.6 Å². The molecule has 0 aliphatic carbocycles. The van der Waals surface area contributed by atoms with Crippen LogP contribution in [0.4, 0.5) is 9.39 Å².